The van der Waals surface area contributed by atoms with Gasteiger partial charge in [0.15, 0.2) is 5.69 Å². The van der Waals surface area contributed by atoms with Crippen molar-refractivity contribution in [2.75, 3.05) is 0 Å². The van der Waals surface area contributed by atoms with Crippen molar-refractivity contribution < 1.29 is 9.90 Å². The van der Waals surface area contributed by atoms with Gasteiger partial charge in [0.2, 0.25) is 0 Å². The summed E-state index contributed by atoms with van der Waals surface area (Å²) < 4.78 is 0. The molecule has 1 heterocycles. The van der Waals surface area contributed by atoms with Crippen LogP contribution in [0.4, 0.5) is 0 Å². The van der Waals surface area contributed by atoms with E-state index < -0.39 is 5.97 Å². The average molecular weight is 168 g/mol. The van der Waals surface area contributed by atoms with Gasteiger partial charge in [-0.2, -0.15) is 0 Å². The van der Waals surface area contributed by atoms with E-state index in [2.05, 4.69) is 16.9 Å². The summed E-state index contributed by atoms with van der Waals surface area (Å²) in [5, 5.41) is 8.67. The lowest BCUT2D eigenvalue weighted by atomic mass is 10.2. The van der Waals surface area contributed by atoms with E-state index in [1.54, 1.807) is 0 Å². The first kappa shape index (κ1) is 8.77. The highest BCUT2D eigenvalue weighted by Crippen LogP contribution is 2.06. The van der Waals surface area contributed by atoms with Crippen LogP contribution < -0.4 is 0 Å². The number of carboxylic acid groups (broad SMARTS) is 1. The Hall–Kier alpha value is -1.32. The number of hydrogen-bond donors (Lipinski definition) is 2. The van der Waals surface area contributed by atoms with Crippen LogP contribution in [0.25, 0.3) is 0 Å². The number of imidazole rings is 1. The normalized spacial score (nSPS) is 10.1. The smallest absolute Gasteiger partial charge is 0.356 e. The van der Waals surface area contributed by atoms with Gasteiger partial charge in [-0.25, -0.2) is 9.78 Å². The van der Waals surface area contributed by atoms with Crippen molar-refractivity contribution in [1.29, 1.82) is 0 Å². The van der Waals surface area contributed by atoms with E-state index in [0.717, 1.165) is 25.0 Å². The summed E-state index contributed by atoms with van der Waals surface area (Å²) in [6.07, 6.45) is 4.23. The largest absolute Gasteiger partial charge is 0.476 e. The standard InChI is InChI=1S/C8H12N2O2/c1-2-3-4-6-7(8(11)12)10-5-9-6/h5H,2-4H2,1H3,(H,9,10)(H,11,12). The number of rotatable bonds is 4. The molecule has 1 aromatic rings. The molecule has 1 rings (SSSR count). The molecule has 0 spiro atoms. The Morgan fingerprint density at radius 2 is 2.50 bits per heavy atom. The first-order valence-corrected chi connectivity index (χ1v) is 4.01. The van der Waals surface area contributed by atoms with Crippen LogP contribution in [-0.2, 0) is 6.42 Å². The fourth-order valence-corrected chi connectivity index (χ4v) is 1.05. The number of H-pyrrole nitrogens is 1. The van der Waals surface area contributed by atoms with Crippen molar-refractivity contribution in [3.05, 3.63) is 17.7 Å². The molecule has 0 atom stereocenters. The monoisotopic (exact) mass is 168 g/mol. The van der Waals surface area contributed by atoms with Crippen LogP contribution in [0, 0.1) is 0 Å². The van der Waals surface area contributed by atoms with Crippen LogP contribution in [0.3, 0.4) is 0 Å². The van der Waals surface area contributed by atoms with Gasteiger partial charge < -0.3 is 10.1 Å². The number of aromatic carboxylic acids is 1. The van der Waals surface area contributed by atoms with E-state index in [9.17, 15) is 4.79 Å². The van der Waals surface area contributed by atoms with Gasteiger partial charge in [-0.3, -0.25) is 0 Å². The topological polar surface area (TPSA) is 66.0 Å². The van der Waals surface area contributed by atoms with Crippen LogP contribution in [0.2, 0.25) is 0 Å². The minimum absolute atomic E-state index is 0.156. The van der Waals surface area contributed by atoms with Crippen molar-refractivity contribution in [3.8, 4) is 0 Å². The number of carboxylic acids is 1. The molecular formula is C8H12N2O2. The van der Waals surface area contributed by atoms with Crippen LogP contribution >= 0.6 is 0 Å². The maximum Gasteiger partial charge on any atom is 0.356 e. The minimum atomic E-state index is -0.956. The number of aromatic nitrogens is 2. The summed E-state index contributed by atoms with van der Waals surface area (Å²) in [6.45, 7) is 2.07. The first-order valence-electron chi connectivity index (χ1n) is 4.01. The van der Waals surface area contributed by atoms with Gasteiger partial charge in [-0.1, -0.05) is 13.3 Å². The van der Waals surface area contributed by atoms with Crippen molar-refractivity contribution >= 4 is 5.97 Å². The zero-order valence-corrected chi connectivity index (χ0v) is 7.00. The molecule has 1 aromatic heterocycles. The number of aryl methyl sites for hydroxylation is 1. The molecule has 4 heteroatoms. The summed E-state index contributed by atoms with van der Waals surface area (Å²) in [5.74, 6) is -0.956. The molecule has 0 aliphatic rings. The molecule has 0 saturated carbocycles. The van der Waals surface area contributed by atoms with Gasteiger partial charge in [-0.15, -0.1) is 0 Å². The predicted molar refractivity (Wildman–Crippen MR) is 44.2 cm³/mol. The number of aromatic amines is 1. The number of nitrogens with zero attached hydrogens (tertiary/aromatic N) is 1. The molecule has 0 saturated heterocycles. The van der Waals surface area contributed by atoms with Gasteiger partial charge in [0.05, 0.1) is 6.33 Å². The summed E-state index contributed by atoms with van der Waals surface area (Å²) >= 11 is 0. The highest BCUT2D eigenvalue weighted by molar-refractivity contribution is 5.86. The Morgan fingerprint density at radius 3 is 3.08 bits per heavy atom. The molecule has 0 bridgehead atoms. The third-order valence-corrected chi connectivity index (χ3v) is 1.70. The molecule has 0 aliphatic carbocycles. The van der Waals surface area contributed by atoms with Gasteiger partial charge in [0.1, 0.15) is 0 Å². The first-order chi connectivity index (χ1) is 5.75. The highest BCUT2D eigenvalue weighted by Gasteiger charge is 2.11. The third-order valence-electron chi connectivity index (χ3n) is 1.70. The van der Waals surface area contributed by atoms with E-state index in [-0.39, 0.29) is 5.69 Å². The predicted octanol–water partition coefficient (Wildman–Crippen LogP) is 1.45. The summed E-state index contributed by atoms with van der Waals surface area (Å²) in [4.78, 5) is 17.1. The molecule has 0 amide bonds. The average Bonchev–Trinajstić information content (AvgIpc) is 2.48. The molecule has 0 aliphatic heterocycles. The van der Waals surface area contributed by atoms with Crippen molar-refractivity contribution in [1.82, 2.24) is 9.97 Å². The molecule has 0 unspecified atom stereocenters. The molecular weight excluding hydrogens is 156 g/mol. The molecule has 0 fully saturated rings. The lowest BCUT2D eigenvalue weighted by Gasteiger charge is -1.95. The lowest BCUT2D eigenvalue weighted by Crippen LogP contribution is -2.01. The van der Waals surface area contributed by atoms with Crippen LogP contribution in [-0.4, -0.2) is 21.0 Å². The summed E-state index contributed by atoms with van der Waals surface area (Å²) in [5.41, 5.74) is 0.882. The van der Waals surface area contributed by atoms with Gasteiger partial charge >= 0.3 is 5.97 Å². The quantitative estimate of drug-likeness (QED) is 0.715. The van der Waals surface area contributed by atoms with E-state index in [1.807, 2.05) is 0 Å². The second-order valence-electron chi connectivity index (χ2n) is 2.64. The number of unbranched alkanes of at least 4 members (excludes halogenated alkanes) is 1. The van der Waals surface area contributed by atoms with Crippen LogP contribution in [0.15, 0.2) is 6.33 Å². The minimum Gasteiger partial charge on any atom is -0.476 e. The molecule has 0 radical (unpaired) electrons. The second kappa shape index (κ2) is 3.90. The van der Waals surface area contributed by atoms with Crippen molar-refractivity contribution in [2.45, 2.75) is 26.2 Å². The number of nitrogens with one attached hydrogen (secondary N) is 1. The summed E-state index contributed by atoms with van der Waals surface area (Å²) in [7, 11) is 0. The maximum atomic E-state index is 10.6. The number of hydrogen-bond acceptors (Lipinski definition) is 2. The lowest BCUT2D eigenvalue weighted by molar-refractivity contribution is 0.0690. The molecule has 2 N–H and O–H groups in total. The van der Waals surface area contributed by atoms with E-state index >= 15 is 0 Å². The van der Waals surface area contributed by atoms with Crippen molar-refractivity contribution in [3.63, 3.8) is 0 Å². The zero-order chi connectivity index (χ0) is 8.97. The molecule has 4 nitrogen and oxygen atoms in total. The van der Waals surface area contributed by atoms with Gasteiger partial charge in [-0.05, 0) is 12.8 Å². The number of carbonyl (C=O) groups is 1. The summed E-state index contributed by atoms with van der Waals surface area (Å²) in [6, 6.07) is 0. The van der Waals surface area contributed by atoms with E-state index in [0.29, 0.717) is 0 Å². The Bertz CT molecular complexity index is 268. The zero-order valence-electron chi connectivity index (χ0n) is 7.00. The fourth-order valence-electron chi connectivity index (χ4n) is 1.05. The SMILES string of the molecule is CCCCc1[nH]cnc1C(=O)O. The molecule has 12 heavy (non-hydrogen) atoms. The Morgan fingerprint density at radius 1 is 1.75 bits per heavy atom. The van der Waals surface area contributed by atoms with Gasteiger partial charge in [0.25, 0.3) is 0 Å². The second-order valence-corrected chi connectivity index (χ2v) is 2.64. The Labute approximate surface area is 70.6 Å². The Balaban J connectivity index is 2.70. The van der Waals surface area contributed by atoms with Crippen LogP contribution in [0.5, 0.6) is 0 Å². The van der Waals surface area contributed by atoms with Crippen LogP contribution in [0.1, 0.15) is 35.9 Å². The van der Waals surface area contributed by atoms with Crippen molar-refractivity contribution in [2.24, 2.45) is 0 Å². The van der Waals surface area contributed by atoms with Gasteiger partial charge in [0, 0.05) is 5.69 Å². The molecule has 0 aromatic carbocycles. The highest BCUT2D eigenvalue weighted by atomic mass is 16.4. The van der Waals surface area contributed by atoms with E-state index in [4.69, 9.17) is 5.11 Å². The fraction of sp³-hybridized carbons (Fsp3) is 0.500. The molecule has 66 valence electrons. The Kier molecular flexibility index (Phi) is 2.85. The third kappa shape index (κ3) is 1.84. The maximum absolute atomic E-state index is 10.6. The van der Waals surface area contributed by atoms with E-state index in [1.165, 1.54) is 6.33 Å².